The lowest BCUT2D eigenvalue weighted by Crippen LogP contribution is -2.24. The first kappa shape index (κ1) is 10.8. The average molecular weight is 226 g/mol. The van der Waals surface area contributed by atoms with E-state index in [1.54, 1.807) is 0 Å². The van der Waals surface area contributed by atoms with Gasteiger partial charge >= 0.3 is 5.51 Å². The molecule has 0 aliphatic heterocycles. The average Bonchev–Trinajstić information content (AvgIpc) is 2.02. The fourth-order valence-electron chi connectivity index (χ4n) is 0.763. The Morgan fingerprint density at radius 2 is 1.93 bits per heavy atom. The van der Waals surface area contributed by atoms with Crippen molar-refractivity contribution in [3.63, 3.8) is 0 Å². The van der Waals surface area contributed by atoms with Crippen LogP contribution in [0.25, 0.3) is 0 Å². The molecular weight excluding hydrogens is 221 g/mol. The van der Waals surface area contributed by atoms with Crippen LogP contribution in [0.3, 0.4) is 0 Å². The van der Waals surface area contributed by atoms with Gasteiger partial charge in [-0.2, -0.15) is 13.2 Å². The van der Waals surface area contributed by atoms with E-state index in [9.17, 15) is 21.6 Å². The second kappa shape index (κ2) is 3.12. The first-order chi connectivity index (χ1) is 6.27. The molecule has 0 amide bonds. The molecule has 0 saturated heterocycles. The van der Waals surface area contributed by atoms with Gasteiger partial charge in [0.1, 0.15) is 4.90 Å². The molecular formula is C6H5F3N2O2S. The van der Waals surface area contributed by atoms with E-state index in [0.29, 0.717) is 6.07 Å². The van der Waals surface area contributed by atoms with E-state index < -0.39 is 25.9 Å². The molecule has 0 atom stereocenters. The van der Waals surface area contributed by atoms with Crippen LogP contribution in [-0.2, 0) is 9.84 Å². The summed E-state index contributed by atoms with van der Waals surface area (Å²) >= 11 is 0. The molecule has 1 aromatic heterocycles. The molecule has 14 heavy (non-hydrogen) atoms. The van der Waals surface area contributed by atoms with Crippen molar-refractivity contribution >= 4 is 15.5 Å². The summed E-state index contributed by atoms with van der Waals surface area (Å²) in [5.74, 6) is 0. The Balaban J connectivity index is 3.40. The zero-order valence-electron chi connectivity index (χ0n) is 6.62. The molecule has 2 N–H and O–H groups in total. The van der Waals surface area contributed by atoms with Crippen molar-refractivity contribution in [2.45, 2.75) is 10.4 Å². The number of rotatable bonds is 1. The Morgan fingerprint density at radius 1 is 1.36 bits per heavy atom. The van der Waals surface area contributed by atoms with Gasteiger partial charge in [-0.1, -0.05) is 0 Å². The quantitative estimate of drug-likeness (QED) is 0.773. The first-order valence-electron chi connectivity index (χ1n) is 3.27. The SMILES string of the molecule is Nc1cnccc1S(=O)(=O)C(F)(F)F. The van der Waals surface area contributed by atoms with Gasteiger partial charge in [0.15, 0.2) is 0 Å². The molecule has 8 heteroatoms. The van der Waals surface area contributed by atoms with Gasteiger partial charge in [-0.05, 0) is 6.07 Å². The van der Waals surface area contributed by atoms with Crippen LogP contribution in [0, 0.1) is 0 Å². The van der Waals surface area contributed by atoms with Gasteiger partial charge < -0.3 is 5.73 Å². The summed E-state index contributed by atoms with van der Waals surface area (Å²) < 4.78 is 57.8. The lowest BCUT2D eigenvalue weighted by Gasteiger charge is -2.08. The number of sulfone groups is 1. The molecule has 0 fully saturated rings. The maximum atomic E-state index is 12.0. The first-order valence-corrected chi connectivity index (χ1v) is 4.76. The Bertz CT molecular complexity index is 441. The third kappa shape index (κ3) is 1.65. The van der Waals surface area contributed by atoms with Crippen molar-refractivity contribution in [3.05, 3.63) is 18.5 Å². The highest BCUT2D eigenvalue weighted by molar-refractivity contribution is 7.92. The molecule has 1 aromatic rings. The minimum absolute atomic E-state index is 0.523. The maximum absolute atomic E-state index is 12.0. The van der Waals surface area contributed by atoms with Crippen LogP contribution < -0.4 is 5.73 Å². The summed E-state index contributed by atoms with van der Waals surface area (Å²) in [7, 11) is -5.37. The normalized spacial score (nSPS) is 12.8. The van der Waals surface area contributed by atoms with Crippen molar-refractivity contribution in [2.24, 2.45) is 0 Å². The smallest absolute Gasteiger partial charge is 0.396 e. The topological polar surface area (TPSA) is 73.0 Å². The number of alkyl halides is 3. The van der Waals surface area contributed by atoms with E-state index >= 15 is 0 Å². The summed E-state index contributed by atoms with van der Waals surface area (Å²) in [6, 6.07) is 0.707. The van der Waals surface area contributed by atoms with Crippen LogP contribution >= 0.6 is 0 Å². The van der Waals surface area contributed by atoms with Crippen LogP contribution in [0.15, 0.2) is 23.4 Å². The molecule has 4 nitrogen and oxygen atoms in total. The van der Waals surface area contributed by atoms with Gasteiger partial charge in [0.05, 0.1) is 11.9 Å². The van der Waals surface area contributed by atoms with Crippen molar-refractivity contribution in [1.29, 1.82) is 0 Å². The number of halogens is 3. The zero-order valence-corrected chi connectivity index (χ0v) is 7.43. The van der Waals surface area contributed by atoms with Crippen molar-refractivity contribution in [2.75, 3.05) is 5.73 Å². The molecule has 1 heterocycles. The minimum Gasteiger partial charge on any atom is -0.396 e. The Kier molecular flexibility index (Phi) is 2.40. The van der Waals surface area contributed by atoms with E-state index in [1.807, 2.05) is 0 Å². The third-order valence-corrected chi connectivity index (χ3v) is 2.96. The van der Waals surface area contributed by atoms with E-state index in [1.165, 1.54) is 0 Å². The van der Waals surface area contributed by atoms with Gasteiger partial charge in [-0.15, -0.1) is 0 Å². The van der Waals surface area contributed by atoms with Crippen LogP contribution in [0.4, 0.5) is 18.9 Å². The van der Waals surface area contributed by atoms with Crippen molar-refractivity contribution in [1.82, 2.24) is 4.98 Å². The van der Waals surface area contributed by atoms with Gasteiger partial charge in [0.25, 0.3) is 9.84 Å². The molecule has 0 bridgehead atoms. The molecule has 0 aliphatic carbocycles. The number of nitrogens with two attached hydrogens (primary N) is 1. The summed E-state index contributed by atoms with van der Waals surface area (Å²) in [6.07, 6.45) is 1.77. The molecule has 0 radical (unpaired) electrons. The molecule has 78 valence electrons. The van der Waals surface area contributed by atoms with Crippen LogP contribution in [0.1, 0.15) is 0 Å². The summed E-state index contributed by atoms with van der Waals surface area (Å²) in [5.41, 5.74) is -0.806. The summed E-state index contributed by atoms with van der Waals surface area (Å²) in [4.78, 5) is 2.41. The van der Waals surface area contributed by atoms with Crippen molar-refractivity contribution in [3.8, 4) is 0 Å². The molecule has 0 aromatic carbocycles. The Labute approximate surface area is 77.5 Å². The summed E-state index contributed by atoms with van der Waals surface area (Å²) in [6.45, 7) is 0. The lowest BCUT2D eigenvalue weighted by atomic mass is 10.4. The molecule has 0 saturated carbocycles. The highest BCUT2D eigenvalue weighted by Gasteiger charge is 2.47. The number of nitrogen functional groups attached to an aromatic ring is 1. The number of hydrogen-bond donors (Lipinski definition) is 1. The largest absolute Gasteiger partial charge is 0.501 e. The van der Waals surface area contributed by atoms with Crippen molar-refractivity contribution < 1.29 is 21.6 Å². The van der Waals surface area contributed by atoms with Crippen LogP contribution in [-0.4, -0.2) is 18.9 Å². The van der Waals surface area contributed by atoms with Gasteiger partial charge in [-0.25, -0.2) is 8.42 Å². The second-order valence-electron chi connectivity index (χ2n) is 2.36. The molecule has 0 aliphatic rings. The molecule has 0 spiro atoms. The van der Waals surface area contributed by atoms with Crippen LogP contribution in [0.2, 0.25) is 0 Å². The van der Waals surface area contributed by atoms with Crippen LogP contribution in [0.5, 0.6) is 0 Å². The number of anilines is 1. The van der Waals surface area contributed by atoms with E-state index in [4.69, 9.17) is 5.73 Å². The lowest BCUT2D eigenvalue weighted by molar-refractivity contribution is -0.0435. The fourth-order valence-corrected chi connectivity index (χ4v) is 1.62. The number of pyridine rings is 1. The van der Waals surface area contributed by atoms with E-state index in [-0.39, 0.29) is 0 Å². The van der Waals surface area contributed by atoms with Gasteiger partial charge in [0.2, 0.25) is 0 Å². The predicted molar refractivity (Wildman–Crippen MR) is 41.9 cm³/mol. The fraction of sp³-hybridized carbons (Fsp3) is 0.167. The number of aromatic nitrogens is 1. The highest BCUT2D eigenvalue weighted by atomic mass is 32.2. The minimum atomic E-state index is -5.37. The molecule has 1 rings (SSSR count). The Morgan fingerprint density at radius 3 is 2.36 bits per heavy atom. The standard InChI is InChI=1S/C6H5F3N2O2S/c7-6(8,9)14(12,13)5-1-2-11-3-4(5)10/h1-3H,10H2. The number of hydrogen-bond acceptors (Lipinski definition) is 4. The van der Waals surface area contributed by atoms with E-state index in [2.05, 4.69) is 4.98 Å². The third-order valence-electron chi connectivity index (χ3n) is 1.40. The Hall–Kier alpha value is -1.31. The summed E-state index contributed by atoms with van der Waals surface area (Å²) in [5, 5.41) is 0. The van der Waals surface area contributed by atoms with Gasteiger partial charge in [-0.3, -0.25) is 4.98 Å². The monoisotopic (exact) mass is 226 g/mol. The van der Waals surface area contributed by atoms with Gasteiger partial charge in [0, 0.05) is 6.20 Å². The maximum Gasteiger partial charge on any atom is 0.501 e. The highest BCUT2D eigenvalue weighted by Crippen LogP contribution is 2.32. The van der Waals surface area contributed by atoms with E-state index in [0.717, 1.165) is 12.4 Å². The zero-order chi connectivity index (χ0) is 11.0. The molecule has 0 unspecified atom stereocenters. The predicted octanol–water partition coefficient (Wildman–Crippen LogP) is 0.957. The number of nitrogens with zero attached hydrogens (tertiary/aromatic N) is 1. The second-order valence-corrected chi connectivity index (χ2v) is 4.27.